The Labute approximate surface area is 119 Å². The summed E-state index contributed by atoms with van der Waals surface area (Å²) >= 11 is 1.09. The van der Waals surface area contributed by atoms with Gasteiger partial charge in [0, 0.05) is 18.5 Å². The van der Waals surface area contributed by atoms with Crippen LogP contribution in [0.15, 0.2) is 10.5 Å². The fourth-order valence-electron chi connectivity index (χ4n) is 1.41. The van der Waals surface area contributed by atoms with Crippen LogP contribution < -0.4 is 5.73 Å². The number of aromatic nitrogens is 1. The van der Waals surface area contributed by atoms with Crippen molar-refractivity contribution in [2.45, 2.75) is 13.8 Å². The summed E-state index contributed by atoms with van der Waals surface area (Å²) in [6.07, 6.45) is 0. The molecule has 0 bridgehead atoms. The maximum atomic E-state index is 11.6. The first-order valence-electron chi connectivity index (χ1n) is 5.91. The number of carbonyl (C=O) groups is 2. The van der Waals surface area contributed by atoms with Gasteiger partial charge in [-0.05, 0) is 13.8 Å². The molecule has 0 aliphatic carbocycles. The lowest BCUT2D eigenvalue weighted by Crippen LogP contribution is -2.33. The predicted octanol–water partition coefficient (Wildman–Crippen LogP) is 0.399. The molecular formula is C11H16N4O4S. The summed E-state index contributed by atoms with van der Waals surface area (Å²) in [5.41, 5.74) is 5.15. The number of carboxylic acid groups (broad SMARTS) is 1. The molecule has 9 heteroatoms. The number of hydrogen-bond donors (Lipinski definition) is 2. The van der Waals surface area contributed by atoms with Crippen LogP contribution in [0.1, 0.15) is 19.5 Å². The molecule has 0 unspecified atom stereocenters. The van der Waals surface area contributed by atoms with Gasteiger partial charge in [-0.1, -0.05) is 5.16 Å². The Hall–Kier alpha value is -2.16. The van der Waals surface area contributed by atoms with Gasteiger partial charge in [-0.3, -0.25) is 4.79 Å². The van der Waals surface area contributed by atoms with E-state index in [9.17, 15) is 9.59 Å². The van der Waals surface area contributed by atoms with Crippen molar-refractivity contribution in [3.8, 4) is 0 Å². The molecule has 0 aliphatic heterocycles. The van der Waals surface area contributed by atoms with E-state index >= 15 is 0 Å². The third kappa shape index (κ3) is 4.19. The predicted molar refractivity (Wildman–Crippen MR) is 74.6 cm³/mol. The minimum atomic E-state index is -1.30. The number of rotatable bonds is 7. The molecule has 0 aromatic carbocycles. The first kappa shape index (κ1) is 15.9. The molecule has 8 nitrogen and oxygen atoms in total. The van der Waals surface area contributed by atoms with Crippen molar-refractivity contribution in [1.82, 2.24) is 9.88 Å². The fraction of sp³-hybridized carbons (Fsp3) is 0.455. The molecule has 1 heterocycles. The number of anilines is 1. The molecule has 0 fully saturated rings. The smallest absolute Gasteiger partial charge is 0.360 e. The van der Waals surface area contributed by atoms with Crippen LogP contribution in [0.3, 0.4) is 0 Å². The second-order valence-electron chi connectivity index (χ2n) is 3.66. The van der Waals surface area contributed by atoms with Gasteiger partial charge in [0.05, 0.1) is 0 Å². The van der Waals surface area contributed by atoms with Crippen LogP contribution in [0.4, 0.5) is 5.13 Å². The Bertz CT molecular complexity index is 510. The summed E-state index contributed by atoms with van der Waals surface area (Å²) in [6, 6.07) is 0. The summed E-state index contributed by atoms with van der Waals surface area (Å²) in [6.45, 7) is 4.46. The zero-order valence-electron chi connectivity index (χ0n) is 11.2. The Morgan fingerprint density at radius 3 is 2.60 bits per heavy atom. The summed E-state index contributed by atoms with van der Waals surface area (Å²) in [5.74, 6) is -1.56. The number of nitrogens with zero attached hydrogens (tertiary/aromatic N) is 3. The van der Waals surface area contributed by atoms with E-state index in [0.29, 0.717) is 13.1 Å². The van der Waals surface area contributed by atoms with Crippen LogP contribution in [-0.2, 0) is 14.4 Å². The first-order valence-corrected chi connectivity index (χ1v) is 6.79. The number of nitrogens with two attached hydrogens (primary N) is 1. The van der Waals surface area contributed by atoms with Gasteiger partial charge in [-0.2, -0.15) is 0 Å². The van der Waals surface area contributed by atoms with E-state index in [0.717, 1.165) is 11.3 Å². The maximum absolute atomic E-state index is 11.6. The molecule has 1 aromatic rings. The van der Waals surface area contributed by atoms with Crippen molar-refractivity contribution in [1.29, 1.82) is 0 Å². The lowest BCUT2D eigenvalue weighted by atomic mass is 10.3. The van der Waals surface area contributed by atoms with Gasteiger partial charge >= 0.3 is 5.97 Å². The van der Waals surface area contributed by atoms with Crippen molar-refractivity contribution in [2.24, 2.45) is 5.16 Å². The van der Waals surface area contributed by atoms with Crippen molar-refractivity contribution in [3.05, 3.63) is 11.1 Å². The van der Waals surface area contributed by atoms with Crippen LogP contribution in [0.2, 0.25) is 0 Å². The number of carboxylic acids is 1. The van der Waals surface area contributed by atoms with E-state index in [1.165, 1.54) is 5.38 Å². The topological polar surface area (TPSA) is 118 Å². The lowest BCUT2D eigenvalue weighted by molar-refractivity contribution is -0.136. The zero-order chi connectivity index (χ0) is 15.1. The molecule has 1 aromatic heterocycles. The molecule has 20 heavy (non-hydrogen) atoms. The highest BCUT2D eigenvalue weighted by atomic mass is 32.1. The van der Waals surface area contributed by atoms with Gasteiger partial charge in [-0.15, -0.1) is 11.3 Å². The first-order chi connectivity index (χ1) is 9.49. The van der Waals surface area contributed by atoms with Gasteiger partial charge in [0.2, 0.25) is 5.71 Å². The molecule has 3 N–H and O–H groups in total. The van der Waals surface area contributed by atoms with Crippen LogP contribution in [0, 0.1) is 0 Å². The maximum Gasteiger partial charge on any atom is 0.360 e. The highest BCUT2D eigenvalue weighted by Gasteiger charge is 2.17. The van der Waals surface area contributed by atoms with Crippen LogP contribution >= 0.6 is 11.3 Å². The number of nitrogen functional groups attached to an aromatic ring is 1. The number of aliphatic carboxylic acids is 1. The summed E-state index contributed by atoms with van der Waals surface area (Å²) < 4.78 is 0. The number of oxime groups is 1. The minimum absolute atomic E-state index is 0.107. The normalized spacial score (nSPS) is 11.2. The SMILES string of the molecule is CCN(CC)C(=O)CO/N=C(/C(=O)O)c1csc(N)n1. The van der Waals surface area contributed by atoms with Gasteiger partial charge in [0.1, 0.15) is 5.69 Å². The molecule has 0 aliphatic rings. The standard InChI is InChI=1S/C11H16N4O4S/c1-3-15(4-2)8(16)5-19-14-9(10(17)18)7-6-20-11(12)13-7/h6H,3-5H2,1-2H3,(H2,12,13)(H,17,18)/b14-9+. The Morgan fingerprint density at radius 2 is 2.15 bits per heavy atom. The molecular weight excluding hydrogens is 284 g/mol. The number of likely N-dealkylation sites (N-methyl/N-ethyl adjacent to an activating group) is 1. The highest BCUT2D eigenvalue weighted by molar-refractivity contribution is 7.13. The number of thiazole rings is 1. The van der Waals surface area contributed by atoms with E-state index in [2.05, 4.69) is 10.1 Å². The molecule has 110 valence electrons. The van der Waals surface area contributed by atoms with Crippen molar-refractivity contribution < 1.29 is 19.5 Å². The summed E-state index contributed by atoms with van der Waals surface area (Å²) in [7, 11) is 0. The molecule has 0 saturated heterocycles. The summed E-state index contributed by atoms with van der Waals surface area (Å²) in [5, 5.41) is 14.2. The van der Waals surface area contributed by atoms with E-state index in [1.807, 2.05) is 13.8 Å². The van der Waals surface area contributed by atoms with Crippen LogP contribution in [0.5, 0.6) is 0 Å². The molecule has 0 spiro atoms. The average Bonchev–Trinajstić information content (AvgIpc) is 2.82. The number of carbonyl (C=O) groups excluding carboxylic acids is 1. The second kappa shape index (κ2) is 7.43. The zero-order valence-corrected chi connectivity index (χ0v) is 12.0. The minimum Gasteiger partial charge on any atom is -0.476 e. The Morgan fingerprint density at radius 1 is 1.50 bits per heavy atom. The molecule has 1 rings (SSSR count). The Balaban J connectivity index is 2.70. The van der Waals surface area contributed by atoms with Gasteiger partial charge < -0.3 is 20.6 Å². The number of amides is 1. The Kier molecular flexibility index (Phi) is 5.91. The third-order valence-electron chi connectivity index (χ3n) is 2.43. The van der Waals surface area contributed by atoms with E-state index in [1.54, 1.807) is 4.90 Å². The third-order valence-corrected chi connectivity index (χ3v) is 3.10. The van der Waals surface area contributed by atoms with Gasteiger partial charge in [-0.25, -0.2) is 9.78 Å². The average molecular weight is 300 g/mol. The summed E-state index contributed by atoms with van der Waals surface area (Å²) in [4.78, 5) is 32.9. The van der Waals surface area contributed by atoms with Crippen LogP contribution in [-0.4, -0.2) is 52.3 Å². The number of hydrogen-bond acceptors (Lipinski definition) is 7. The van der Waals surface area contributed by atoms with E-state index in [-0.39, 0.29) is 29.1 Å². The highest BCUT2D eigenvalue weighted by Crippen LogP contribution is 2.12. The quantitative estimate of drug-likeness (QED) is 0.556. The lowest BCUT2D eigenvalue weighted by Gasteiger charge is -2.17. The van der Waals surface area contributed by atoms with Crippen molar-refractivity contribution in [3.63, 3.8) is 0 Å². The van der Waals surface area contributed by atoms with Gasteiger partial charge in [0.25, 0.3) is 5.91 Å². The monoisotopic (exact) mass is 300 g/mol. The van der Waals surface area contributed by atoms with Crippen LogP contribution in [0.25, 0.3) is 0 Å². The molecule has 0 atom stereocenters. The van der Waals surface area contributed by atoms with E-state index < -0.39 is 5.97 Å². The van der Waals surface area contributed by atoms with Crippen molar-refractivity contribution in [2.75, 3.05) is 25.4 Å². The van der Waals surface area contributed by atoms with Crippen molar-refractivity contribution >= 4 is 34.1 Å². The largest absolute Gasteiger partial charge is 0.476 e. The molecule has 1 amide bonds. The van der Waals surface area contributed by atoms with E-state index in [4.69, 9.17) is 15.7 Å². The molecule has 0 radical (unpaired) electrons. The molecule has 0 saturated carbocycles. The van der Waals surface area contributed by atoms with Gasteiger partial charge in [0.15, 0.2) is 11.7 Å². The second-order valence-corrected chi connectivity index (χ2v) is 4.55. The fourth-order valence-corrected chi connectivity index (χ4v) is 1.96.